The van der Waals surface area contributed by atoms with E-state index in [2.05, 4.69) is 48.0 Å². The van der Waals surface area contributed by atoms with Gasteiger partial charge in [-0.05, 0) is 31.7 Å². The molecule has 1 saturated heterocycles. The largest absolute Gasteiger partial charge is 0.369 e. The molecule has 1 aromatic rings. The standard InChI is InChI=1S/C13H21N3/c1-11-10-16(8-7-15(11)2)13-5-3-12(9-14)4-6-13/h3-6,11H,7-10,14H2,1-2H3. The predicted molar refractivity (Wildman–Crippen MR) is 68.6 cm³/mol. The molecule has 0 saturated carbocycles. The van der Waals surface area contributed by atoms with Gasteiger partial charge >= 0.3 is 0 Å². The molecule has 0 amide bonds. The molecule has 1 unspecified atom stereocenters. The summed E-state index contributed by atoms with van der Waals surface area (Å²) in [7, 11) is 2.19. The second-order valence-electron chi connectivity index (χ2n) is 4.65. The zero-order chi connectivity index (χ0) is 11.5. The highest BCUT2D eigenvalue weighted by atomic mass is 15.3. The summed E-state index contributed by atoms with van der Waals surface area (Å²) in [6.45, 7) is 6.26. The highest BCUT2D eigenvalue weighted by Crippen LogP contribution is 2.18. The number of piperazine rings is 1. The van der Waals surface area contributed by atoms with Gasteiger partial charge in [0.05, 0.1) is 0 Å². The summed E-state index contributed by atoms with van der Waals surface area (Å²) < 4.78 is 0. The highest BCUT2D eigenvalue weighted by molar-refractivity contribution is 5.48. The minimum atomic E-state index is 0.624. The van der Waals surface area contributed by atoms with Crippen LogP contribution < -0.4 is 10.6 Å². The summed E-state index contributed by atoms with van der Waals surface area (Å²) in [5.74, 6) is 0. The van der Waals surface area contributed by atoms with E-state index in [1.165, 1.54) is 11.3 Å². The van der Waals surface area contributed by atoms with Crippen molar-refractivity contribution in [1.82, 2.24) is 4.90 Å². The molecule has 16 heavy (non-hydrogen) atoms. The Morgan fingerprint density at radius 2 is 1.94 bits per heavy atom. The van der Waals surface area contributed by atoms with Gasteiger partial charge in [0.1, 0.15) is 0 Å². The fourth-order valence-corrected chi connectivity index (χ4v) is 2.13. The van der Waals surface area contributed by atoms with Crippen LogP contribution in [0.4, 0.5) is 5.69 Å². The number of likely N-dealkylation sites (N-methyl/N-ethyl adjacent to an activating group) is 1. The van der Waals surface area contributed by atoms with Gasteiger partial charge in [0, 0.05) is 37.9 Å². The molecule has 0 spiro atoms. The van der Waals surface area contributed by atoms with E-state index in [0.717, 1.165) is 19.6 Å². The molecule has 1 heterocycles. The van der Waals surface area contributed by atoms with Gasteiger partial charge in [0.2, 0.25) is 0 Å². The number of nitrogens with two attached hydrogens (primary N) is 1. The zero-order valence-electron chi connectivity index (χ0n) is 10.2. The Labute approximate surface area is 97.8 Å². The lowest BCUT2D eigenvalue weighted by Crippen LogP contribution is -2.50. The minimum Gasteiger partial charge on any atom is -0.369 e. The van der Waals surface area contributed by atoms with Crippen LogP contribution in [-0.4, -0.2) is 37.6 Å². The SMILES string of the molecule is CC1CN(c2ccc(CN)cc2)CCN1C. The van der Waals surface area contributed by atoms with Gasteiger partial charge in [-0.3, -0.25) is 0 Å². The maximum atomic E-state index is 5.60. The van der Waals surface area contributed by atoms with Gasteiger partial charge in [-0.2, -0.15) is 0 Å². The molecular formula is C13H21N3. The fourth-order valence-electron chi connectivity index (χ4n) is 2.13. The number of anilines is 1. The van der Waals surface area contributed by atoms with E-state index in [1.807, 2.05) is 0 Å². The summed E-state index contributed by atoms with van der Waals surface area (Å²) in [6, 6.07) is 9.24. The van der Waals surface area contributed by atoms with Crippen molar-refractivity contribution >= 4 is 5.69 Å². The van der Waals surface area contributed by atoms with E-state index in [4.69, 9.17) is 5.73 Å². The molecule has 1 atom stereocenters. The van der Waals surface area contributed by atoms with Crippen LogP contribution in [0.3, 0.4) is 0 Å². The van der Waals surface area contributed by atoms with Crippen LogP contribution in [0.5, 0.6) is 0 Å². The maximum Gasteiger partial charge on any atom is 0.0367 e. The van der Waals surface area contributed by atoms with Gasteiger partial charge in [-0.25, -0.2) is 0 Å². The van der Waals surface area contributed by atoms with Crippen LogP contribution in [-0.2, 0) is 6.54 Å². The van der Waals surface area contributed by atoms with Gasteiger partial charge in [-0.15, -0.1) is 0 Å². The van der Waals surface area contributed by atoms with Crippen LogP contribution >= 0.6 is 0 Å². The lowest BCUT2D eigenvalue weighted by molar-refractivity contribution is 0.234. The molecule has 1 aromatic carbocycles. The molecule has 0 aromatic heterocycles. The molecular weight excluding hydrogens is 198 g/mol. The van der Waals surface area contributed by atoms with Crippen molar-refractivity contribution < 1.29 is 0 Å². The Hall–Kier alpha value is -1.06. The number of benzene rings is 1. The molecule has 0 radical (unpaired) electrons. The summed E-state index contributed by atoms with van der Waals surface area (Å²) in [5.41, 5.74) is 8.12. The lowest BCUT2D eigenvalue weighted by atomic mass is 10.1. The van der Waals surface area contributed by atoms with Crippen molar-refractivity contribution in [3.05, 3.63) is 29.8 Å². The van der Waals surface area contributed by atoms with Gasteiger partial charge in [-0.1, -0.05) is 12.1 Å². The van der Waals surface area contributed by atoms with Gasteiger partial charge in [0.15, 0.2) is 0 Å². The molecule has 88 valence electrons. The van der Waals surface area contributed by atoms with Crippen molar-refractivity contribution in [2.75, 3.05) is 31.6 Å². The summed E-state index contributed by atoms with van der Waals surface area (Å²) in [5, 5.41) is 0. The molecule has 2 N–H and O–H groups in total. The monoisotopic (exact) mass is 219 g/mol. The maximum absolute atomic E-state index is 5.60. The third-order valence-electron chi connectivity index (χ3n) is 3.50. The first kappa shape index (κ1) is 11.4. The van der Waals surface area contributed by atoms with E-state index in [1.54, 1.807) is 0 Å². The summed E-state index contributed by atoms with van der Waals surface area (Å²) in [4.78, 5) is 4.86. The first-order chi connectivity index (χ1) is 7.70. The van der Waals surface area contributed by atoms with Crippen LogP contribution in [0, 0.1) is 0 Å². The molecule has 3 heteroatoms. The smallest absolute Gasteiger partial charge is 0.0367 e. The Kier molecular flexibility index (Phi) is 3.46. The Bertz CT molecular complexity index is 334. The summed E-state index contributed by atoms with van der Waals surface area (Å²) in [6.07, 6.45) is 0. The number of hydrogen-bond donors (Lipinski definition) is 1. The Morgan fingerprint density at radius 1 is 1.25 bits per heavy atom. The molecule has 0 aliphatic carbocycles. The van der Waals surface area contributed by atoms with Gasteiger partial charge < -0.3 is 15.5 Å². The Morgan fingerprint density at radius 3 is 2.50 bits per heavy atom. The van der Waals surface area contributed by atoms with Crippen molar-refractivity contribution in [2.45, 2.75) is 19.5 Å². The predicted octanol–water partition coefficient (Wildman–Crippen LogP) is 1.29. The van der Waals surface area contributed by atoms with E-state index in [9.17, 15) is 0 Å². The minimum absolute atomic E-state index is 0.624. The van der Waals surface area contributed by atoms with E-state index in [-0.39, 0.29) is 0 Å². The molecule has 1 aliphatic rings. The van der Waals surface area contributed by atoms with Crippen molar-refractivity contribution in [3.63, 3.8) is 0 Å². The second kappa shape index (κ2) is 4.85. The lowest BCUT2D eigenvalue weighted by Gasteiger charge is -2.39. The summed E-state index contributed by atoms with van der Waals surface area (Å²) >= 11 is 0. The number of nitrogens with zero attached hydrogens (tertiary/aromatic N) is 2. The van der Waals surface area contributed by atoms with E-state index < -0.39 is 0 Å². The van der Waals surface area contributed by atoms with E-state index in [0.29, 0.717) is 12.6 Å². The first-order valence-electron chi connectivity index (χ1n) is 5.95. The number of rotatable bonds is 2. The van der Waals surface area contributed by atoms with Gasteiger partial charge in [0.25, 0.3) is 0 Å². The third kappa shape index (κ3) is 2.36. The van der Waals surface area contributed by atoms with Crippen molar-refractivity contribution in [3.8, 4) is 0 Å². The fraction of sp³-hybridized carbons (Fsp3) is 0.538. The molecule has 3 nitrogen and oxygen atoms in total. The highest BCUT2D eigenvalue weighted by Gasteiger charge is 2.20. The second-order valence-corrected chi connectivity index (χ2v) is 4.65. The molecule has 1 aliphatic heterocycles. The molecule has 1 fully saturated rings. The quantitative estimate of drug-likeness (QED) is 0.813. The molecule has 2 rings (SSSR count). The normalized spacial score (nSPS) is 22.4. The van der Waals surface area contributed by atoms with Crippen LogP contribution in [0.2, 0.25) is 0 Å². The molecule has 0 bridgehead atoms. The average Bonchev–Trinajstić information content (AvgIpc) is 2.33. The Balaban J connectivity index is 2.06. The van der Waals surface area contributed by atoms with Crippen molar-refractivity contribution in [2.24, 2.45) is 5.73 Å². The van der Waals surface area contributed by atoms with Crippen LogP contribution in [0.25, 0.3) is 0 Å². The van der Waals surface area contributed by atoms with Crippen LogP contribution in [0.1, 0.15) is 12.5 Å². The van der Waals surface area contributed by atoms with E-state index >= 15 is 0 Å². The topological polar surface area (TPSA) is 32.5 Å². The van der Waals surface area contributed by atoms with Crippen LogP contribution in [0.15, 0.2) is 24.3 Å². The first-order valence-corrected chi connectivity index (χ1v) is 5.95. The zero-order valence-corrected chi connectivity index (χ0v) is 10.2. The third-order valence-corrected chi connectivity index (χ3v) is 3.50. The number of hydrogen-bond acceptors (Lipinski definition) is 3. The van der Waals surface area contributed by atoms with Crippen molar-refractivity contribution in [1.29, 1.82) is 0 Å². The average molecular weight is 219 g/mol.